The smallest absolute Gasteiger partial charge is 0.410 e. The van der Waals surface area contributed by atoms with Crippen LogP contribution in [0.1, 0.15) is 34.6 Å². The molecule has 0 aromatic rings. The Kier molecular flexibility index (Phi) is 5.02. The summed E-state index contributed by atoms with van der Waals surface area (Å²) in [6, 6.07) is 0. The summed E-state index contributed by atoms with van der Waals surface area (Å²) in [4.78, 5) is 27.6. The molecule has 6 heteroatoms. The lowest BCUT2D eigenvalue weighted by Crippen LogP contribution is -2.55. The third kappa shape index (κ3) is 4.37. The predicted molar refractivity (Wildman–Crippen MR) is 77.2 cm³/mol. The Morgan fingerprint density at radius 1 is 1.00 bits per heavy atom. The van der Waals surface area contributed by atoms with Gasteiger partial charge in [0.1, 0.15) is 5.60 Å². The lowest BCUT2D eigenvalue weighted by molar-refractivity contribution is -0.141. The van der Waals surface area contributed by atoms with E-state index >= 15 is 0 Å². The van der Waals surface area contributed by atoms with Crippen molar-refractivity contribution in [2.75, 3.05) is 32.7 Å². The van der Waals surface area contributed by atoms with Gasteiger partial charge in [0.15, 0.2) is 0 Å². The number of nitrogens with two attached hydrogens (primary N) is 1. The van der Waals surface area contributed by atoms with E-state index in [2.05, 4.69) is 0 Å². The van der Waals surface area contributed by atoms with Gasteiger partial charge in [-0.3, -0.25) is 4.79 Å². The van der Waals surface area contributed by atoms with Crippen molar-refractivity contribution in [2.24, 2.45) is 11.1 Å². The molecule has 1 saturated heterocycles. The lowest BCUT2D eigenvalue weighted by Gasteiger charge is -2.38. The average molecular weight is 285 g/mol. The maximum absolute atomic E-state index is 12.3. The zero-order chi connectivity index (χ0) is 15.6. The molecule has 2 amide bonds. The number of piperazine rings is 1. The zero-order valence-electron chi connectivity index (χ0n) is 13.2. The Balaban J connectivity index is 2.52. The van der Waals surface area contributed by atoms with Gasteiger partial charge in [-0.05, 0) is 34.6 Å². The quantitative estimate of drug-likeness (QED) is 0.823. The van der Waals surface area contributed by atoms with Crippen LogP contribution in [0, 0.1) is 5.41 Å². The molecular weight excluding hydrogens is 258 g/mol. The number of amides is 2. The summed E-state index contributed by atoms with van der Waals surface area (Å²) in [6.45, 7) is 11.6. The van der Waals surface area contributed by atoms with Gasteiger partial charge in [-0.25, -0.2) is 4.79 Å². The fourth-order valence-electron chi connectivity index (χ4n) is 1.93. The number of hydrogen-bond acceptors (Lipinski definition) is 4. The van der Waals surface area contributed by atoms with Gasteiger partial charge >= 0.3 is 6.09 Å². The summed E-state index contributed by atoms with van der Waals surface area (Å²) in [5.41, 5.74) is 4.58. The van der Waals surface area contributed by atoms with Crippen LogP contribution in [0.15, 0.2) is 0 Å². The first-order valence-corrected chi connectivity index (χ1v) is 7.04. The van der Waals surface area contributed by atoms with E-state index in [0.29, 0.717) is 32.7 Å². The SMILES string of the molecule is CC(C)(C)OC(=O)N1CCN(C(=O)C(C)(C)CN)CC1. The molecule has 0 aromatic carbocycles. The van der Waals surface area contributed by atoms with Crippen molar-refractivity contribution in [3.8, 4) is 0 Å². The first-order valence-electron chi connectivity index (χ1n) is 7.04. The minimum absolute atomic E-state index is 0.0452. The Morgan fingerprint density at radius 2 is 1.45 bits per heavy atom. The summed E-state index contributed by atoms with van der Waals surface area (Å²) in [7, 11) is 0. The zero-order valence-corrected chi connectivity index (χ0v) is 13.2. The molecule has 0 bridgehead atoms. The molecule has 0 saturated carbocycles. The van der Waals surface area contributed by atoms with E-state index in [4.69, 9.17) is 10.5 Å². The number of ether oxygens (including phenoxy) is 1. The van der Waals surface area contributed by atoms with E-state index in [1.807, 2.05) is 34.6 Å². The maximum Gasteiger partial charge on any atom is 0.410 e. The molecule has 1 heterocycles. The monoisotopic (exact) mass is 285 g/mol. The summed E-state index contributed by atoms with van der Waals surface area (Å²) >= 11 is 0. The first-order chi connectivity index (χ1) is 9.07. The van der Waals surface area contributed by atoms with Crippen LogP contribution in [0.5, 0.6) is 0 Å². The van der Waals surface area contributed by atoms with Crippen LogP contribution in [-0.2, 0) is 9.53 Å². The highest BCUT2D eigenvalue weighted by Gasteiger charge is 2.34. The van der Waals surface area contributed by atoms with Crippen LogP contribution < -0.4 is 5.73 Å². The highest BCUT2D eigenvalue weighted by molar-refractivity contribution is 5.82. The van der Waals surface area contributed by atoms with Crippen LogP contribution in [0.25, 0.3) is 0 Å². The normalized spacial score (nSPS) is 17.1. The molecule has 1 fully saturated rings. The summed E-state index contributed by atoms with van der Waals surface area (Å²) in [5, 5.41) is 0. The van der Waals surface area contributed by atoms with Crippen LogP contribution in [0.3, 0.4) is 0 Å². The Morgan fingerprint density at radius 3 is 1.85 bits per heavy atom. The minimum Gasteiger partial charge on any atom is -0.444 e. The second kappa shape index (κ2) is 5.99. The minimum atomic E-state index is -0.548. The molecular formula is C14H27N3O3. The van der Waals surface area contributed by atoms with Crippen molar-refractivity contribution < 1.29 is 14.3 Å². The van der Waals surface area contributed by atoms with Crippen molar-refractivity contribution >= 4 is 12.0 Å². The van der Waals surface area contributed by atoms with Crippen molar-refractivity contribution in [1.29, 1.82) is 0 Å². The molecule has 2 N–H and O–H groups in total. The van der Waals surface area contributed by atoms with Gasteiger partial charge in [0.25, 0.3) is 0 Å². The van der Waals surface area contributed by atoms with Crippen LogP contribution in [0.4, 0.5) is 4.79 Å². The van der Waals surface area contributed by atoms with E-state index in [-0.39, 0.29) is 12.0 Å². The number of carbonyl (C=O) groups excluding carboxylic acids is 2. The van der Waals surface area contributed by atoms with E-state index in [1.165, 1.54) is 0 Å². The second-order valence-corrected chi connectivity index (χ2v) is 6.85. The van der Waals surface area contributed by atoms with Gasteiger partial charge in [0.2, 0.25) is 5.91 Å². The van der Waals surface area contributed by atoms with Crippen molar-refractivity contribution in [2.45, 2.75) is 40.2 Å². The highest BCUT2D eigenvalue weighted by Crippen LogP contribution is 2.19. The number of carbonyl (C=O) groups is 2. The van der Waals surface area contributed by atoms with Gasteiger partial charge in [-0.15, -0.1) is 0 Å². The van der Waals surface area contributed by atoms with E-state index in [9.17, 15) is 9.59 Å². The second-order valence-electron chi connectivity index (χ2n) is 6.85. The standard InChI is InChI=1S/C14H27N3O3/c1-13(2,3)20-12(19)17-8-6-16(7-9-17)11(18)14(4,5)10-15/h6-10,15H2,1-5H3. The molecule has 1 aliphatic heterocycles. The van der Waals surface area contributed by atoms with Crippen LogP contribution >= 0.6 is 0 Å². The topological polar surface area (TPSA) is 75.9 Å². The van der Waals surface area contributed by atoms with E-state index in [0.717, 1.165) is 0 Å². The summed E-state index contributed by atoms with van der Waals surface area (Å²) < 4.78 is 5.32. The molecule has 0 unspecified atom stereocenters. The molecule has 1 aliphatic rings. The van der Waals surface area contributed by atoms with Gasteiger partial charge in [-0.1, -0.05) is 0 Å². The maximum atomic E-state index is 12.3. The Hall–Kier alpha value is -1.30. The number of hydrogen-bond donors (Lipinski definition) is 1. The van der Waals surface area contributed by atoms with Gasteiger partial charge in [0, 0.05) is 32.7 Å². The fraction of sp³-hybridized carbons (Fsp3) is 0.857. The first kappa shape index (κ1) is 16.8. The average Bonchev–Trinajstić information content (AvgIpc) is 2.36. The van der Waals surface area contributed by atoms with Crippen molar-refractivity contribution in [3.05, 3.63) is 0 Å². The Labute approximate surface area is 121 Å². The van der Waals surface area contributed by atoms with Gasteiger partial charge < -0.3 is 20.3 Å². The van der Waals surface area contributed by atoms with E-state index in [1.54, 1.807) is 9.80 Å². The van der Waals surface area contributed by atoms with Crippen molar-refractivity contribution in [3.63, 3.8) is 0 Å². The van der Waals surface area contributed by atoms with E-state index < -0.39 is 11.0 Å². The Bertz CT molecular complexity index is 366. The summed E-state index contributed by atoms with van der Waals surface area (Å²) in [6.07, 6.45) is -0.317. The molecule has 0 radical (unpaired) electrons. The van der Waals surface area contributed by atoms with Crippen LogP contribution in [0.2, 0.25) is 0 Å². The largest absolute Gasteiger partial charge is 0.444 e. The number of nitrogens with zero attached hydrogens (tertiary/aromatic N) is 2. The third-order valence-electron chi connectivity index (χ3n) is 3.31. The molecule has 6 nitrogen and oxygen atoms in total. The molecule has 116 valence electrons. The third-order valence-corrected chi connectivity index (χ3v) is 3.31. The molecule has 0 spiro atoms. The molecule has 0 atom stereocenters. The summed E-state index contributed by atoms with van der Waals surface area (Å²) in [5.74, 6) is 0.0452. The molecule has 1 rings (SSSR count). The van der Waals surface area contributed by atoms with Crippen LogP contribution in [-0.4, -0.2) is 60.1 Å². The van der Waals surface area contributed by atoms with Crippen molar-refractivity contribution in [1.82, 2.24) is 9.80 Å². The molecule has 20 heavy (non-hydrogen) atoms. The molecule has 0 aromatic heterocycles. The number of rotatable bonds is 2. The fourth-order valence-corrected chi connectivity index (χ4v) is 1.93. The molecule has 0 aliphatic carbocycles. The van der Waals surface area contributed by atoms with Gasteiger partial charge in [0.05, 0.1) is 5.41 Å². The highest BCUT2D eigenvalue weighted by atomic mass is 16.6. The van der Waals surface area contributed by atoms with Gasteiger partial charge in [-0.2, -0.15) is 0 Å². The predicted octanol–water partition coefficient (Wildman–Crippen LogP) is 1.05. The lowest BCUT2D eigenvalue weighted by atomic mass is 9.91.